The average molecular weight is 565 g/mol. The van der Waals surface area contributed by atoms with Crippen molar-refractivity contribution in [1.29, 1.82) is 0 Å². The lowest BCUT2D eigenvalue weighted by Gasteiger charge is -2.30. The molecule has 1 unspecified atom stereocenters. The van der Waals surface area contributed by atoms with Crippen molar-refractivity contribution in [3.05, 3.63) is 17.0 Å². The monoisotopic (exact) mass is 564 g/mol. The largest absolute Gasteiger partial charge is 0.444 e. The summed E-state index contributed by atoms with van der Waals surface area (Å²) in [5.41, 5.74) is 3.06. The quantitative estimate of drug-likeness (QED) is 0.204. The number of aliphatic imine (C=N–C) groups is 1. The number of halogens is 1. The molecule has 0 bridgehead atoms. The van der Waals surface area contributed by atoms with Gasteiger partial charge in [0.1, 0.15) is 5.60 Å². The van der Waals surface area contributed by atoms with E-state index >= 15 is 0 Å². The summed E-state index contributed by atoms with van der Waals surface area (Å²) in [6, 6.07) is 0.296. The highest BCUT2D eigenvalue weighted by Crippen LogP contribution is 2.14. The van der Waals surface area contributed by atoms with Gasteiger partial charge in [0, 0.05) is 44.5 Å². The van der Waals surface area contributed by atoms with Crippen molar-refractivity contribution in [3.8, 4) is 0 Å². The van der Waals surface area contributed by atoms with Gasteiger partial charge >= 0.3 is 6.09 Å². The van der Waals surface area contributed by atoms with E-state index in [2.05, 4.69) is 43.4 Å². The highest BCUT2D eigenvalue weighted by molar-refractivity contribution is 14.0. The Kier molecular flexibility index (Phi) is 13.2. The molecule has 0 aliphatic rings. The topological polar surface area (TPSA) is 83.8 Å². The van der Waals surface area contributed by atoms with Gasteiger partial charge in [0.2, 0.25) is 0 Å². The fourth-order valence-corrected chi connectivity index (χ4v) is 3.34. The van der Waals surface area contributed by atoms with Gasteiger partial charge in [-0.15, -0.1) is 24.0 Å². The second kappa shape index (κ2) is 13.9. The van der Waals surface area contributed by atoms with Crippen LogP contribution in [0.1, 0.15) is 71.8 Å². The molecular formula is C23H45IN6O2. The van der Waals surface area contributed by atoms with Crippen LogP contribution in [0.5, 0.6) is 0 Å². The highest BCUT2D eigenvalue weighted by Gasteiger charge is 2.23. The van der Waals surface area contributed by atoms with Crippen LogP contribution in [-0.2, 0) is 18.2 Å². The number of ether oxygens (including phenoxy) is 1. The predicted molar refractivity (Wildman–Crippen MR) is 143 cm³/mol. The third kappa shape index (κ3) is 10.4. The minimum Gasteiger partial charge on any atom is -0.444 e. The number of amides is 1. The van der Waals surface area contributed by atoms with Gasteiger partial charge in [-0.1, -0.05) is 0 Å². The summed E-state index contributed by atoms with van der Waals surface area (Å²) < 4.78 is 7.46. The summed E-state index contributed by atoms with van der Waals surface area (Å²) >= 11 is 0. The molecular weight excluding hydrogens is 519 g/mol. The third-order valence-electron chi connectivity index (χ3n) is 4.97. The first-order chi connectivity index (χ1) is 14.4. The van der Waals surface area contributed by atoms with Crippen molar-refractivity contribution in [3.63, 3.8) is 0 Å². The Hall–Kier alpha value is -1.52. The van der Waals surface area contributed by atoms with Gasteiger partial charge in [0.15, 0.2) is 5.96 Å². The Morgan fingerprint density at radius 2 is 1.88 bits per heavy atom. The second-order valence-corrected chi connectivity index (χ2v) is 9.40. The van der Waals surface area contributed by atoms with E-state index in [4.69, 9.17) is 9.73 Å². The third-order valence-corrected chi connectivity index (χ3v) is 4.97. The van der Waals surface area contributed by atoms with Crippen LogP contribution in [0.25, 0.3) is 0 Å². The molecule has 0 aliphatic heterocycles. The van der Waals surface area contributed by atoms with Gasteiger partial charge in [-0.05, 0) is 80.7 Å². The van der Waals surface area contributed by atoms with Crippen molar-refractivity contribution >= 4 is 36.0 Å². The van der Waals surface area contributed by atoms with Crippen molar-refractivity contribution in [1.82, 2.24) is 25.3 Å². The SMILES string of the molecule is CCNC(=NCCCN(C(=O)OC(C)(C)C)C(C)C)NC(C)Cc1c(C)nn(C)c1C.I. The van der Waals surface area contributed by atoms with Crippen LogP contribution in [0.4, 0.5) is 4.79 Å². The average Bonchev–Trinajstić information content (AvgIpc) is 2.85. The van der Waals surface area contributed by atoms with Gasteiger partial charge in [0.05, 0.1) is 5.69 Å². The van der Waals surface area contributed by atoms with Crippen LogP contribution in [0.3, 0.4) is 0 Å². The molecule has 0 saturated heterocycles. The lowest BCUT2D eigenvalue weighted by Crippen LogP contribution is -2.43. The molecule has 2 N–H and O–H groups in total. The molecule has 1 atom stereocenters. The first-order valence-corrected chi connectivity index (χ1v) is 11.4. The molecule has 0 radical (unpaired) electrons. The van der Waals surface area contributed by atoms with Crippen molar-refractivity contribution in [2.45, 2.75) is 92.8 Å². The number of carbonyl (C=O) groups excluding carboxylic acids is 1. The number of aryl methyl sites for hydroxylation is 2. The zero-order valence-electron chi connectivity index (χ0n) is 21.7. The van der Waals surface area contributed by atoms with E-state index in [1.165, 1.54) is 11.3 Å². The Morgan fingerprint density at radius 3 is 2.34 bits per heavy atom. The molecule has 1 aromatic rings. The Labute approximate surface area is 212 Å². The number of rotatable bonds is 9. The number of carbonyl (C=O) groups is 1. The van der Waals surface area contributed by atoms with E-state index in [9.17, 15) is 4.79 Å². The minimum atomic E-state index is -0.494. The van der Waals surface area contributed by atoms with Crippen LogP contribution in [0, 0.1) is 13.8 Å². The molecule has 8 nitrogen and oxygen atoms in total. The van der Waals surface area contributed by atoms with Crippen LogP contribution in [-0.4, -0.2) is 64.1 Å². The molecule has 0 aromatic carbocycles. The van der Waals surface area contributed by atoms with E-state index in [0.29, 0.717) is 13.1 Å². The van der Waals surface area contributed by atoms with Gasteiger partial charge in [-0.3, -0.25) is 9.67 Å². The number of aromatic nitrogens is 2. The summed E-state index contributed by atoms with van der Waals surface area (Å²) in [5, 5.41) is 11.3. The number of hydrogen-bond donors (Lipinski definition) is 2. The summed E-state index contributed by atoms with van der Waals surface area (Å²) in [4.78, 5) is 18.9. The summed E-state index contributed by atoms with van der Waals surface area (Å²) in [5.74, 6) is 0.794. The Morgan fingerprint density at radius 1 is 1.25 bits per heavy atom. The maximum Gasteiger partial charge on any atom is 0.410 e. The standard InChI is InChI=1S/C23H44N6O2.HI/c1-11-24-21(26-17(4)15-20-18(5)27-28(10)19(20)6)25-13-12-14-29(16(2)3)22(30)31-23(7,8)9;/h16-17H,11-15H2,1-10H3,(H2,24,25,26);1H. The van der Waals surface area contributed by atoms with E-state index < -0.39 is 5.60 Å². The molecule has 0 saturated carbocycles. The molecule has 186 valence electrons. The minimum absolute atomic E-state index is 0. The molecule has 32 heavy (non-hydrogen) atoms. The highest BCUT2D eigenvalue weighted by atomic mass is 127. The summed E-state index contributed by atoms with van der Waals surface area (Å²) in [7, 11) is 1.98. The summed E-state index contributed by atoms with van der Waals surface area (Å²) in [6.07, 6.45) is 1.38. The maximum atomic E-state index is 12.4. The van der Waals surface area contributed by atoms with Gasteiger partial charge in [-0.25, -0.2) is 4.79 Å². The number of hydrogen-bond acceptors (Lipinski definition) is 4. The first kappa shape index (κ1) is 30.5. The predicted octanol–water partition coefficient (Wildman–Crippen LogP) is 4.18. The van der Waals surface area contributed by atoms with Gasteiger partial charge < -0.3 is 20.3 Å². The van der Waals surface area contributed by atoms with Crippen molar-refractivity contribution in [2.75, 3.05) is 19.6 Å². The molecule has 9 heteroatoms. The van der Waals surface area contributed by atoms with Crippen molar-refractivity contribution < 1.29 is 9.53 Å². The van der Waals surface area contributed by atoms with Crippen LogP contribution < -0.4 is 10.6 Å². The van der Waals surface area contributed by atoms with Gasteiger partial charge in [0.25, 0.3) is 0 Å². The van der Waals surface area contributed by atoms with Crippen molar-refractivity contribution in [2.24, 2.45) is 12.0 Å². The second-order valence-electron chi connectivity index (χ2n) is 9.40. The lowest BCUT2D eigenvalue weighted by molar-refractivity contribution is 0.0190. The molecule has 1 rings (SSSR count). The van der Waals surface area contributed by atoms with Crippen LogP contribution in [0.2, 0.25) is 0 Å². The van der Waals surface area contributed by atoms with E-state index in [0.717, 1.165) is 31.0 Å². The first-order valence-electron chi connectivity index (χ1n) is 11.4. The van der Waals surface area contributed by atoms with E-state index in [-0.39, 0.29) is 42.2 Å². The fraction of sp³-hybridized carbons (Fsp3) is 0.783. The molecule has 1 amide bonds. The molecule has 0 fully saturated rings. The fourth-order valence-electron chi connectivity index (χ4n) is 3.34. The molecule has 1 heterocycles. The Balaban J connectivity index is 0.00000961. The maximum absolute atomic E-state index is 12.4. The van der Waals surface area contributed by atoms with E-state index in [1.54, 1.807) is 4.90 Å². The number of nitrogens with zero attached hydrogens (tertiary/aromatic N) is 4. The zero-order chi connectivity index (χ0) is 23.8. The number of nitrogens with one attached hydrogen (secondary N) is 2. The number of guanidine groups is 1. The van der Waals surface area contributed by atoms with Gasteiger partial charge in [-0.2, -0.15) is 5.10 Å². The smallest absolute Gasteiger partial charge is 0.410 e. The molecule has 1 aromatic heterocycles. The van der Waals surface area contributed by atoms with Crippen LogP contribution >= 0.6 is 24.0 Å². The molecule has 0 spiro atoms. The van der Waals surface area contributed by atoms with Crippen LogP contribution in [0.15, 0.2) is 4.99 Å². The molecule has 0 aliphatic carbocycles. The normalized spacial score (nSPS) is 12.9. The lowest BCUT2D eigenvalue weighted by atomic mass is 10.1. The van der Waals surface area contributed by atoms with E-state index in [1.807, 2.05) is 46.3 Å². The summed E-state index contributed by atoms with van der Waals surface area (Å²) in [6.45, 7) is 20.1. The Bertz CT molecular complexity index is 740. The zero-order valence-corrected chi connectivity index (χ0v) is 24.0.